The standard InChI is InChI=1S/C13H18N2OS/c14-13(17)10-7-8-15-12(9-10)16-11-5-3-1-2-4-6-11/h7-9,11H,1-6H2,(H2,14,17). The zero-order valence-electron chi connectivity index (χ0n) is 9.89. The lowest BCUT2D eigenvalue weighted by Crippen LogP contribution is -2.16. The predicted molar refractivity (Wildman–Crippen MR) is 72.2 cm³/mol. The highest BCUT2D eigenvalue weighted by Crippen LogP contribution is 2.22. The Balaban J connectivity index is 2.01. The molecule has 2 rings (SSSR count). The lowest BCUT2D eigenvalue weighted by atomic mass is 10.1. The highest BCUT2D eigenvalue weighted by Gasteiger charge is 2.14. The van der Waals surface area contributed by atoms with Gasteiger partial charge >= 0.3 is 0 Å². The summed E-state index contributed by atoms with van der Waals surface area (Å²) in [6.07, 6.45) is 9.38. The Morgan fingerprint density at radius 1 is 1.29 bits per heavy atom. The van der Waals surface area contributed by atoms with Gasteiger partial charge in [0.15, 0.2) is 0 Å². The van der Waals surface area contributed by atoms with E-state index in [9.17, 15) is 0 Å². The minimum Gasteiger partial charge on any atom is -0.474 e. The molecule has 1 aliphatic rings. The number of aromatic nitrogens is 1. The molecule has 1 aliphatic carbocycles. The number of nitrogens with zero attached hydrogens (tertiary/aromatic N) is 1. The van der Waals surface area contributed by atoms with E-state index in [0.29, 0.717) is 17.0 Å². The summed E-state index contributed by atoms with van der Waals surface area (Å²) in [7, 11) is 0. The molecular weight excluding hydrogens is 232 g/mol. The van der Waals surface area contributed by atoms with E-state index in [1.807, 2.05) is 12.1 Å². The molecule has 1 saturated carbocycles. The first-order valence-corrected chi connectivity index (χ1v) is 6.59. The Morgan fingerprint density at radius 3 is 2.65 bits per heavy atom. The monoisotopic (exact) mass is 250 g/mol. The molecule has 17 heavy (non-hydrogen) atoms. The van der Waals surface area contributed by atoms with Gasteiger partial charge in [-0.15, -0.1) is 0 Å². The molecule has 0 atom stereocenters. The first-order valence-electron chi connectivity index (χ1n) is 6.18. The van der Waals surface area contributed by atoms with Crippen LogP contribution >= 0.6 is 12.2 Å². The molecule has 0 spiro atoms. The summed E-state index contributed by atoms with van der Waals surface area (Å²) in [4.78, 5) is 4.60. The Kier molecular flexibility index (Phi) is 4.31. The van der Waals surface area contributed by atoms with E-state index in [1.54, 1.807) is 6.20 Å². The van der Waals surface area contributed by atoms with Crippen LogP contribution in [-0.4, -0.2) is 16.1 Å². The fourth-order valence-corrected chi connectivity index (χ4v) is 2.28. The van der Waals surface area contributed by atoms with Crippen molar-refractivity contribution in [2.45, 2.75) is 44.6 Å². The van der Waals surface area contributed by atoms with Crippen LogP contribution in [0.25, 0.3) is 0 Å². The van der Waals surface area contributed by atoms with Crippen LogP contribution in [0.4, 0.5) is 0 Å². The fraction of sp³-hybridized carbons (Fsp3) is 0.538. The second-order valence-electron chi connectivity index (χ2n) is 4.48. The Morgan fingerprint density at radius 2 is 2.00 bits per heavy atom. The van der Waals surface area contributed by atoms with Crippen LogP contribution in [0, 0.1) is 0 Å². The normalized spacial score (nSPS) is 17.4. The fourth-order valence-electron chi connectivity index (χ4n) is 2.16. The maximum atomic E-state index is 5.90. The number of pyridine rings is 1. The SMILES string of the molecule is NC(=S)c1ccnc(OC2CCCCCC2)c1. The predicted octanol–water partition coefficient (Wildman–Crippen LogP) is 2.82. The van der Waals surface area contributed by atoms with Gasteiger partial charge in [0.1, 0.15) is 11.1 Å². The van der Waals surface area contributed by atoms with E-state index in [2.05, 4.69) is 4.98 Å². The van der Waals surface area contributed by atoms with Gasteiger partial charge in [0.25, 0.3) is 0 Å². The van der Waals surface area contributed by atoms with Crippen LogP contribution in [0.5, 0.6) is 5.88 Å². The van der Waals surface area contributed by atoms with Crippen molar-refractivity contribution in [2.24, 2.45) is 5.73 Å². The van der Waals surface area contributed by atoms with Crippen molar-refractivity contribution in [3.05, 3.63) is 23.9 Å². The minimum absolute atomic E-state index is 0.298. The summed E-state index contributed by atoms with van der Waals surface area (Å²) in [5.41, 5.74) is 6.41. The van der Waals surface area contributed by atoms with Gasteiger partial charge in [0, 0.05) is 17.8 Å². The zero-order chi connectivity index (χ0) is 12.1. The third kappa shape index (κ3) is 3.66. The average molecular weight is 250 g/mol. The Bertz CT molecular complexity index is 387. The molecule has 4 heteroatoms. The molecule has 0 unspecified atom stereocenters. The van der Waals surface area contributed by atoms with Crippen molar-refractivity contribution in [3.8, 4) is 5.88 Å². The Hall–Kier alpha value is -1.16. The molecule has 3 nitrogen and oxygen atoms in total. The van der Waals surface area contributed by atoms with E-state index in [4.69, 9.17) is 22.7 Å². The van der Waals surface area contributed by atoms with E-state index in [0.717, 1.165) is 18.4 Å². The van der Waals surface area contributed by atoms with Gasteiger partial charge in [-0.05, 0) is 31.7 Å². The van der Waals surface area contributed by atoms with Gasteiger partial charge in [0.2, 0.25) is 5.88 Å². The van der Waals surface area contributed by atoms with Crippen molar-refractivity contribution in [3.63, 3.8) is 0 Å². The quantitative estimate of drug-likeness (QED) is 0.662. The number of thiocarbonyl (C=S) groups is 1. The van der Waals surface area contributed by atoms with Gasteiger partial charge in [-0.1, -0.05) is 25.1 Å². The first kappa shape index (κ1) is 12.3. The summed E-state index contributed by atoms with van der Waals surface area (Å²) < 4.78 is 5.90. The van der Waals surface area contributed by atoms with Crippen LogP contribution in [0.15, 0.2) is 18.3 Å². The molecular formula is C13H18N2OS. The number of ether oxygens (including phenoxy) is 1. The molecule has 0 bridgehead atoms. The van der Waals surface area contributed by atoms with E-state index in [1.165, 1.54) is 25.7 Å². The topological polar surface area (TPSA) is 48.1 Å². The van der Waals surface area contributed by atoms with Gasteiger partial charge in [-0.3, -0.25) is 0 Å². The van der Waals surface area contributed by atoms with Crippen molar-refractivity contribution in [1.82, 2.24) is 4.98 Å². The molecule has 1 aromatic rings. The molecule has 92 valence electrons. The molecule has 2 N–H and O–H groups in total. The van der Waals surface area contributed by atoms with Crippen LogP contribution in [-0.2, 0) is 0 Å². The van der Waals surface area contributed by atoms with Gasteiger partial charge < -0.3 is 10.5 Å². The van der Waals surface area contributed by atoms with Crippen molar-refractivity contribution < 1.29 is 4.74 Å². The van der Waals surface area contributed by atoms with Gasteiger partial charge in [0.05, 0.1) is 0 Å². The average Bonchev–Trinajstić information content (AvgIpc) is 2.58. The summed E-state index contributed by atoms with van der Waals surface area (Å²) in [6.45, 7) is 0. The first-order chi connectivity index (χ1) is 8.25. The van der Waals surface area contributed by atoms with Crippen LogP contribution in [0.1, 0.15) is 44.1 Å². The molecule has 0 radical (unpaired) electrons. The largest absolute Gasteiger partial charge is 0.474 e. The van der Waals surface area contributed by atoms with Crippen molar-refractivity contribution >= 4 is 17.2 Å². The molecule has 0 saturated heterocycles. The third-order valence-corrected chi connectivity index (χ3v) is 3.34. The maximum absolute atomic E-state index is 5.90. The Labute approximate surface area is 107 Å². The van der Waals surface area contributed by atoms with Crippen molar-refractivity contribution in [2.75, 3.05) is 0 Å². The second kappa shape index (κ2) is 5.96. The highest BCUT2D eigenvalue weighted by atomic mass is 32.1. The number of nitrogens with two attached hydrogens (primary N) is 1. The molecule has 0 amide bonds. The second-order valence-corrected chi connectivity index (χ2v) is 4.92. The molecule has 1 fully saturated rings. The number of hydrogen-bond acceptors (Lipinski definition) is 3. The smallest absolute Gasteiger partial charge is 0.214 e. The zero-order valence-corrected chi connectivity index (χ0v) is 10.7. The lowest BCUT2D eigenvalue weighted by molar-refractivity contribution is 0.176. The molecule has 0 aromatic carbocycles. The van der Waals surface area contributed by atoms with Crippen molar-refractivity contribution in [1.29, 1.82) is 0 Å². The molecule has 0 aliphatic heterocycles. The number of rotatable bonds is 3. The maximum Gasteiger partial charge on any atom is 0.214 e. The summed E-state index contributed by atoms with van der Waals surface area (Å²) in [5, 5.41) is 0. The summed E-state index contributed by atoms with van der Waals surface area (Å²) in [5.74, 6) is 0.641. The highest BCUT2D eigenvalue weighted by molar-refractivity contribution is 7.80. The van der Waals surface area contributed by atoms with E-state index < -0.39 is 0 Å². The van der Waals surface area contributed by atoms with Crippen LogP contribution in [0.2, 0.25) is 0 Å². The number of hydrogen-bond donors (Lipinski definition) is 1. The van der Waals surface area contributed by atoms with Crippen LogP contribution < -0.4 is 10.5 Å². The molecule has 1 heterocycles. The third-order valence-electron chi connectivity index (χ3n) is 3.11. The van der Waals surface area contributed by atoms with Gasteiger partial charge in [-0.2, -0.15) is 0 Å². The van der Waals surface area contributed by atoms with Gasteiger partial charge in [-0.25, -0.2) is 4.98 Å². The summed E-state index contributed by atoms with van der Waals surface area (Å²) in [6, 6.07) is 3.63. The minimum atomic E-state index is 0.298. The summed E-state index contributed by atoms with van der Waals surface area (Å²) >= 11 is 4.94. The van der Waals surface area contributed by atoms with E-state index >= 15 is 0 Å². The molecule has 1 aromatic heterocycles. The lowest BCUT2D eigenvalue weighted by Gasteiger charge is -2.16. The van der Waals surface area contributed by atoms with Crippen LogP contribution in [0.3, 0.4) is 0 Å². The van der Waals surface area contributed by atoms with E-state index in [-0.39, 0.29) is 0 Å².